The quantitative estimate of drug-likeness (QED) is 0.243. The van der Waals surface area contributed by atoms with Crippen LogP contribution in [-0.2, 0) is 16.1 Å². The van der Waals surface area contributed by atoms with E-state index >= 15 is 0 Å². The molecule has 0 bridgehead atoms. The van der Waals surface area contributed by atoms with Gasteiger partial charge in [-0.05, 0) is 26.8 Å². The number of benzene rings is 1. The van der Waals surface area contributed by atoms with Gasteiger partial charge in [0.25, 0.3) is 0 Å². The van der Waals surface area contributed by atoms with Crippen LogP contribution < -0.4 is 15.4 Å². The molecule has 0 saturated heterocycles. The van der Waals surface area contributed by atoms with Gasteiger partial charge in [-0.25, -0.2) is 4.99 Å². The summed E-state index contributed by atoms with van der Waals surface area (Å²) in [5, 5.41) is 6.03. The Morgan fingerprint density at radius 2 is 1.92 bits per heavy atom. The van der Waals surface area contributed by atoms with Crippen molar-refractivity contribution >= 4 is 35.9 Å². The number of rotatable bonds is 9. The van der Waals surface area contributed by atoms with Crippen molar-refractivity contribution in [2.45, 2.75) is 46.5 Å². The molecule has 0 fully saturated rings. The van der Waals surface area contributed by atoms with Crippen LogP contribution >= 0.6 is 24.0 Å². The van der Waals surface area contributed by atoms with E-state index < -0.39 is 6.61 Å². The molecule has 0 amide bonds. The lowest BCUT2D eigenvalue weighted by atomic mass is 10.2. The van der Waals surface area contributed by atoms with E-state index in [4.69, 9.17) is 4.74 Å². The van der Waals surface area contributed by atoms with E-state index in [0.29, 0.717) is 24.6 Å². The fraction of sp³-hybridized carbons (Fsp3) is 0.529. The molecule has 9 heteroatoms. The Morgan fingerprint density at radius 1 is 1.23 bits per heavy atom. The predicted molar refractivity (Wildman–Crippen MR) is 107 cm³/mol. The third-order valence-corrected chi connectivity index (χ3v) is 2.93. The fourth-order valence-corrected chi connectivity index (χ4v) is 1.96. The van der Waals surface area contributed by atoms with Crippen molar-refractivity contribution in [2.75, 3.05) is 13.1 Å². The van der Waals surface area contributed by atoms with Gasteiger partial charge < -0.3 is 20.1 Å². The van der Waals surface area contributed by atoms with Crippen molar-refractivity contribution in [3.8, 4) is 5.75 Å². The average Bonchev–Trinajstić information content (AvgIpc) is 2.52. The number of hydrogen-bond donors (Lipinski definition) is 2. The van der Waals surface area contributed by atoms with Crippen LogP contribution in [0.15, 0.2) is 29.3 Å². The molecule has 26 heavy (non-hydrogen) atoms. The first-order valence-corrected chi connectivity index (χ1v) is 8.16. The third-order valence-electron chi connectivity index (χ3n) is 2.93. The molecule has 2 N–H and O–H groups in total. The van der Waals surface area contributed by atoms with Crippen molar-refractivity contribution in [3.63, 3.8) is 0 Å². The SMILES string of the molecule is CCNC(=NCc1ccccc1OC(F)F)NCCC(=O)OC(C)C.I. The van der Waals surface area contributed by atoms with Crippen molar-refractivity contribution in [1.82, 2.24) is 10.6 Å². The van der Waals surface area contributed by atoms with E-state index in [0.717, 1.165) is 0 Å². The smallest absolute Gasteiger partial charge is 0.387 e. The number of hydrogen-bond acceptors (Lipinski definition) is 4. The molecular weight excluding hydrogens is 459 g/mol. The molecule has 0 spiro atoms. The maximum absolute atomic E-state index is 12.4. The van der Waals surface area contributed by atoms with Gasteiger partial charge >= 0.3 is 12.6 Å². The van der Waals surface area contributed by atoms with E-state index in [-0.39, 0.29) is 54.8 Å². The zero-order chi connectivity index (χ0) is 18.7. The molecule has 0 aliphatic rings. The maximum Gasteiger partial charge on any atom is 0.387 e. The Kier molecular flexibility index (Phi) is 12.7. The summed E-state index contributed by atoms with van der Waals surface area (Å²) in [7, 11) is 0. The van der Waals surface area contributed by atoms with E-state index in [1.165, 1.54) is 6.07 Å². The topological polar surface area (TPSA) is 72.0 Å². The molecule has 0 radical (unpaired) electrons. The van der Waals surface area contributed by atoms with Gasteiger partial charge in [0.05, 0.1) is 19.1 Å². The Balaban J connectivity index is 0.00000625. The zero-order valence-corrected chi connectivity index (χ0v) is 17.5. The molecule has 0 atom stereocenters. The minimum Gasteiger partial charge on any atom is -0.463 e. The Bertz CT molecular complexity index is 572. The van der Waals surface area contributed by atoms with Gasteiger partial charge in [0.1, 0.15) is 5.75 Å². The van der Waals surface area contributed by atoms with Gasteiger partial charge in [-0.15, -0.1) is 24.0 Å². The van der Waals surface area contributed by atoms with Crippen molar-refractivity contribution in [3.05, 3.63) is 29.8 Å². The minimum absolute atomic E-state index is 0. The van der Waals surface area contributed by atoms with Crippen LogP contribution in [0.4, 0.5) is 8.78 Å². The van der Waals surface area contributed by atoms with Crippen LogP contribution in [-0.4, -0.2) is 37.7 Å². The summed E-state index contributed by atoms with van der Waals surface area (Å²) in [5.74, 6) is 0.276. The highest BCUT2D eigenvalue weighted by Gasteiger charge is 2.09. The lowest BCUT2D eigenvalue weighted by molar-refractivity contribution is -0.147. The summed E-state index contributed by atoms with van der Waals surface area (Å²) in [4.78, 5) is 15.8. The predicted octanol–water partition coefficient (Wildman–Crippen LogP) is 3.30. The van der Waals surface area contributed by atoms with Crippen LogP contribution in [0.25, 0.3) is 0 Å². The standard InChI is InChI=1S/C17H25F2N3O3.HI/c1-4-20-17(21-10-9-15(23)24-12(2)3)22-11-13-7-5-6-8-14(13)25-16(18)19;/h5-8,12,16H,4,9-11H2,1-3H3,(H2,20,21,22);1H. The van der Waals surface area contributed by atoms with Crippen LogP contribution in [0.5, 0.6) is 5.75 Å². The minimum atomic E-state index is -2.89. The monoisotopic (exact) mass is 485 g/mol. The molecule has 148 valence electrons. The largest absolute Gasteiger partial charge is 0.463 e. The van der Waals surface area contributed by atoms with Gasteiger partial charge in [-0.3, -0.25) is 4.79 Å². The number of esters is 1. The molecule has 0 aliphatic heterocycles. The Labute approximate surface area is 169 Å². The van der Waals surface area contributed by atoms with Crippen LogP contribution in [0.1, 0.15) is 32.8 Å². The molecule has 0 saturated carbocycles. The number of nitrogens with zero attached hydrogens (tertiary/aromatic N) is 1. The van der Waals surface area contributed by atoms with Gasteiger partial charge in [-0.1, -0.05) is 18.2 Å². The number of carbonyl (C=O) groups is 1. The van der Waals surface area contributed by atoms with Gasteiger partial charge in [0, 0.05) is 18.7 Å². The first-order chi connectivity index (χ1) is 11.9. The summed E-state index contributed by atoms with van der Waals surface area (Å²) in [6, 6.07) is 6.49. The molecular formula is C17H26F2IN3O3. The normalized spacial score (nSPS) is 11.1. The molecule has 1 aromatic rings. The first kappa shape index (κ1) is 24.4. The number of guanidine groups is 1. The molecule has 6 nitrogen and oxygen atoms in total. The lowest BCUT2D eigenvalue weighted by Gasteiger charge is -2.13. The van der Waals surface area contributed by atoms with E-state index in [2.05, 4.69) is 20.4 Å². The van der Waals surface area contributed by atoms with Crippen molar-refractivity contribution < 1.29 is 23.0 Å². The molecule has 0 aliphatic carbocycles. The molecule has 0 aromatic heterocycles. The second kappa shape index (κ2) is 13.5. The van der Waals surface area contributed by atoms with E-state index in [1.54, 1.807) is 32.0 Å². The van der Waals surface area contributed by atoms with E-state index in [1.807, 2.05) is 6.92 Å². The Morgan fingerprint density at radius 3 is 2.54 bits per heavy atom. The highest BCUT2D eigenvalue weighted by atomic mass is 127. The van der Waals surface area contributed by atoms with E-state index in [9.17, 15) is 13.6 Å². The third kappa shape index (κ3) is 10.4. The van der Waals surface area contributed by atoms with Crippen LogP contribution in [0.3, 0.4) is 0 Å². The number of para-hydroxylation sites is 1. The summed E-state index contributed by atoms with van der Waals surface area (Å²) in [6.45, 7) is 3.73. The first-order valence-electron chi connectivity index (χ1n) is 8.16. The lowest BCUT2D eigenvalue weighted by Crippen LogP contribution is -2.38. The maximum atomic E-state index is 12.4. The van der Waals surface area contributed by atoms with Gasteiger partial charge in [0.15, 0.2) is 5.96 Å². The summed E-state index contributed by atoms with van der Waals surface area (Å²) >= 11 is 0. The summed E-state index contributed by atoms with van der Waals surface area (Å²) < 4.78 is 34.4. The molecule has 1 aromatic carbocycles. The molecule has 0 heterocycles. The van der Waals surface area contributed by atoms with Crippen molar-refractivity contribution in [2.24, 2.45) is 4.99 Å². The number of nitrogens with one attached hydrogen (secondary N) is 2. The summed E-state index contributed by atoms with van der Waals surface area (Å²) in [5.41, 5.74) is 0.541. The van der Waals surface area contributed by atoms with Gasteiger partial charge in [-0.2, -0.15) is 8.78 Å². The zero-order valence-electron chi connectivity index (χ0n) is 15.1. The van der Waals surface area contributed by atoms with Crippen LogP contribution in [0.2, 0.25) is 0 Å². The number of ether oxygens (including phenoxy) is 2. The van der Waals surface area contributed by atoms with Crippen molar-refractivity contribution in [1.29, 1.82) is 0 Å². The summed E-state index contributed by atoms with van der Waals surface area (Å²) in [6.07, 6.45) is 0.0500. The molecule has 0 unspecified atom stereocenters. The number of aliphatic imine (C=N–C) groups is 1. The second-order valence-electron chi connectivity index (χ2n) is 5.40. The molecule has 1 rings (SSSR count). The Hall–Kier alpha value is -1.65. The second-order valence-corrected chi connectivity index (χ2v) is 5.40. The fourth-order valence-electron chi connectivity index (χ4n) is 1.96. The highest BCUT2D eigenvalue weighted by molar-refractivity contribution is 14.0. The van der Waals surface area contributed by atoms with Crippen LogP contribution in [0, 0.1) is 0 Å². The van der Waals surface area contributed by atoms with Gasteiger partial charge in [0.2, 0.25) is 0 Å². The number of alkyl halides is 2. The number of halogens is 3. The average molecular weight is 485 g/mol. The number of carbonyl (C=O) groups excluding carboxylic acids is 1. The highest BCUT2D eigenvalue weighted by Crippen LogP contribution is 2.20.